The van der Waals surface area contributed by atoms with Gasteiger partial charge in [0, 0.05) is 20.2 Å². The average molecular weight is 273 g/mol. The number of nitrogens with zero attached hydrogens (tertiary/aromatic N) is 1. The molecular weight excluding hydrogens is 257 g/mol. The molecule has 1 heterocycles. The summed E-state index contributed by atoms with van der Waals surface area (Å²) in [6, 6.07) is 5.42. The van der Waals surface area contributed by atoms with Crippen molar-refractivity contribution in [2.75, 3.05) is 26.8 Å². The highest BCUT2D eigenvalue weighted by Gasteiger charge is 2.27. The number of hydrogen-bond donors (Lipinski definition) is 0. The predicted molar refractivity (Wildman–Crippen MR) is 65.1 cm³/mol. The third-order valence-corrected chi connectivity index (χ3v) is 4.92. The van der Waals surface area contributed by atoms with Gasteiger partial charge in [-0.3, -0.25) is 0 Å². The summed E-state index contributed by atoms with van der Waals surface area (Å²) in [7, 11) is -2.28. The van der Waals surface area contributed by atoms with Crippen LogP contribution in [-0.2, 0) is 14.8 Å². The zero-order valence-corrected chi connectivity index (χ0v) is 11.0. The molecule has 1 aromatic rings. The third-order valence-electron chi connectivity index (χ3n) is 3.06. The summed E-state index contributed by atoms with van der Waals surface area (Å²) < 4.78 is 44.3. The zero-order valence-electron chi connectivity index (χ0n) is 10.2. The summed E-state index contributed by atoms with van der Waals surface area (Å²) in [6.45, 7) is 1.59. The minimum Gasteiger partial charge on any atom is -0.381 e. The predicted octanol–water partition coefficient (Wildman–Crippen LogP) is 1.48. The molecule has 18 heavy (non-hydrogen) atoms. The van der Waals surface area contributed by atoms with Crippen LogP contribution < -0.4 is 0 Å². The Bertz CT molecular complexity index is 512. The zero-order chi connectivity index (χ0) is 13.2. The largest absolute Gasteiger partial charge is 0.381 e. The molecule has 1 saturated heterocycles. The van der Waals surface area contributed by atoms with Gasteiger partial charge in [-0.25, -0.2) is 17.1 Å². The molecule has 0 amide bonds. The molecule has 1 atom stereocenters. The minimum absolute atomic E-state index is 0.191. The highest BCUT2D eigenvalue weighted by Crippen LogP contribution is 2.21. The van der Waals surface area contributed by atoms with Crippen molar-refractivity contribution in [1.29, 1.82) is 0 Å². The van der Waals surface area contributed by atoms with Gasteiger partial charge in [-0.1, -0.05) is 12.1 Å². The maximum Gasteiger partial charge on any atom is 0.245 e. The molecule has 0 unspecified atom stereocenters. The van der Waals surface area contributed by atoms with Gasteiger partial charge in [0.25, 0.3) is 0 Å². The molecule has 2 rings (SSSR count). The van der Waals surface area contributed by atoms with Crippen molar-refractivity contribution >= 4 is 10.0 Å². The monoisotopic (exact) mass is 273 g/mol. The van der Waals surface area contributed by atoms with E-state index in [0.717, 1.165) is 12.5 Å². The topological polar surface area (TPSA) is 46.6 Å². The van der Waals surface area contributed by atoms with Crippen molar-refractivity contribution in [3.63, 3.8) is 0 Å². The van der Waals surface area contributed by atoms with Gasteiger partial charge in [0.2, 0.25) is 10.0 Å². The quantitative estimate of drug-likeness (QED) is 0.835. The van der Waals surface area contributed by atoms with Gasteiger partial charge in [0.15, 0.2) is 0 Å². The van der Waals surface area contributed by atoms with Crippen molar-refractivity contribution in [3.8, 4) is 0 Å². The van der Waals surface area contributed by atoms with Crippen LogP contribution in [0.15, 0.2) is 29.2 Å². The number of rotatable bonds is 4. The van der Waals surface area contributed by atoms with Crippen molar-refractivity contribution in [1.82, 2.24) is 4.31 Å². The molecule has 1 aromatic carbocycles. The second-order valence-corrected chi connectivity index (χ2v) is 6.46. The van der Waals surface area contributed by atoms with Crippen LogP contribution in [-0.4, -0.2) is 39.5 Å². The molecule has 1 fully saturated rings. The molecule has 6 heteroatoms. The van der Waals surface area contributed by atoms with Crippen LogP contribution in [0.25, 0.3) is 0 Å². The lowest BCUT2D eigenvalue weighted by molar-refractivity contribution is 0.182. The van der Waals surface area contributed by atoms with Crippen LogP contribution in [0.3, 0.4) is 0 Å². The maximum absolute atomic E-state index is 13.5. The summed E-state index contributed by atoms with van der Waals surface area (Å²) in [4.78, 5) is -0.272. The van der Waals surface area contributed by atoms with E-state index < -0.39 is 15.8 Å². The van der Waals surface area contributed by atoms with Gasteiger partial charge >= 0.3 is 0 Å². The standard InChI is InChI=1S/C12H16FNO3S/c1-14(8-10-6-7-17-9-10)18(15,16)12-5-3-2-4-11(12)13/h2-5,10H,6-9H2,1H3/t10-/m0/s1. The van der Waals surface area contributed by atoms with E-state index in [0.29, 0.717) is 19.8 Å². The Morgan fingerprint density at radius 2 is 2.17 bits per heavy atom. The van der Waals surface area contributed by atoms with Crippen molar-refractivity contribution < 1.29 is 17.5 Å². The first-order chi connectivity index (χ1) is 8.51. The van der Waals surface area contributed by atoms with Crippen LogP contribution in [0, 0.1) is 11.7 Å². The minimum atomic E-state index is -3.75. The van der Waals surface area contributed by atoms with Crippen molar-refractivity contribution in [2.24, 2.45) is 5.92 Å². The van der Waals surface area contributed by atoms with Crippen molar-refractivity contribution in [2.45, 2.75) is 11.3 Å². The first-order valence-corrected chi connectivity index (χ1v) is 7.24. The van der Waals surface area contributed by atoms with Gasteiger partial charge in [-0.15, -0.1) is 0 Å². The summed E-state index contributed by atoms with van der Waals surface area (Å²) in [5.74, 6) is -0.524. The summed E-state index contributed by atoms with van der Waals surface area (Å²) in [6.07, 6.45) is 0.844. The van der Waals surface area contributed by atoms with Gasteiger partial charge in [0.05, 0.1) is 6.61 Å². The molecule has 0 aromatic heterocycles. The van der Waals surface area contributed by atoms with Crippen LogP contribution in [0.2, 0.25) is 0 Å². The van der Waals surface area contributed by atoms with Crippen LogP contribution in [0.1, 0.15) is 6.42 Å². The molecule has 0 spiro atoms. The summed E-state index contributed by atoms with van der Waals surface area (Å²) in [5.41, 5.74) is 0. The van der Waals surface area contributed by atoms with E-state index in [4.69, 9.17) is 4.74 Å². The number of benzene rings is 1. The van der Waals surface area contributed by atoms with E-state index in [1.54, 1.807) is 0 Å². The number of halogens is 1. The lowest BCUT2D eigenvalue weighted by Gasteiger charge is -2.20. The fourth-order valence-corrected chi connectivity index (χ4v) is 3.32. The van der Waals surface area contributed by atoms with Crippen molar-refractivity contribution in [3.05, 3.63) is 30.1 Å². The molecule has 1 aliphatic heterocycles. The van der Waals surface area contributed by atoms with Gasteiger partial charge < -0.3 is 4.74 Å². The summed E-state index contributed by atoms with van der Waals surface area (Å²) in [5, 5.41) is 0. The third kappa shape index (κ3) is 2.71. The molecule has 0 saturated carbocycles. The Labute approximate surface area is 106 Å². The normalized spacial score (nSPS) is 20.5. The van der Waals surface area contributed by atoms with E-state index in [-0.39, 0.29) is 10.8 Å². The fraction of sp³-hybridized carbons (Fsp3) is 0.500. The van der Waals surface area contributed by atoms with E-state index in [2.05, 4.69) is 0 Å². The Kier molecular flexibility index (Phi) is 3.99. The Hall–Kier alpha value is -0.980. The molecule has 0 bridgehead atoms. The molecule has 100 valence electrons. The Morgan fingerprint density at radius 3 is 2.78 bits per heavy atom. The SMILES string of the molecule is CN(C[C@@H]1CCOC1)S(=O)(=O)c1ccccc1F. The smallest absolute Gasteiger partial charge is 0.245 e. The van der Waals surface area contributed by atoms with E-state index in [1.165, 1.54) is 29.6 Å². The molecule has 1 aliphatic rings. The first-order valence-electron chi connectivity index (χ1n) is 5.80. The van der Waals surface area contributed by atoms with Gasteiger partial charge in [-0.2, -0.15) is 0 Å². The first kappa shape index (κ1) is 13.5. The van der Waals surface area contributed by atoms with E-state index in [9.17, 15) is 12.8 Å². The van der Waals surface area contributed by atoms with Gasteiger partial charge in [-0.05, 0) is 24.5 Å². The van der Waals surface area contributed by atoms with Crippen LogP contribution in [0.5, 0.6) is 0 Å². The molecular formula is C12H16FNO3S. The molecule has 4 nitrogen and oxygen atoms in total. The van der Waals surface area contributed by atoms with Crippen LogP contribution in [0.4, 0.5) is 4.39 Å². The lowest BCUT2D eigenvalue weighted by Crippen LogP contribution is -2.32. The molecule has 0 N–H and O–H groups in total. The maximum atomic E-state index is 13.5. The summed E-state index contributed by atoms with van der Waals surface area (Å²) >= 11 is 0. The highest BCUT2D eigenvalue weighted by molar-refractivity contribution is 7.89. The van der Waals surface area contributed by atoms with E-state index in [1.807, 2.05) is 0 Å². The fourth-order valence-electron chi connectivity index (χ4n) is 2.01. The second-order valence-electron chi connectivity index (χ2n) is 4.45. The Balaban J connectivity index is 2.17. The second kappa shape index (κ2) is 5.34. The Morgan fingerprint density at radius 1 is 1.44 bits per heavy atom. The highest BCUT2D eigenvalue weighted by atomic mass is 32.2. The lowest BCUT2D eigenvalue weighted by atomic mass is 10.1. The van der Waals surface area contributed by atoms with E-state index >= 15 is 0 Å². The number of ether oxygens (including phenoxy) is 1. The van der Waals surface area contributed by atoms with Crippen LogP contribution >= 0.6 is 0 Å². The molecule has 0 aliphatic carbocycles. The number of hydrogen-bond acceptors (Lipinski definition) is 3. The number of sulfonamides is 1. The average Bonchev–Trinajstić information content (AvgIpc) is 2.82. The molecule has 0 radical (unpaired) electrons. The van der Waals surface area contributed by atoms with Gasteiger partial charge in [0.1, 0.15) is 10.7 Å².